The number of anilines is 1. The van der Waals surface area contributed by atoms with Gasteiger partial charge in [-0.2, -0.15) is 0 Å². The summed E-state index contributed by atoms with van der Waals surface area (Å²) in [6, 6.07) is 1.67. The van der Waals surface area contributed by atoms with E-state index in [9.17, 15) is 0 Å². The number of nitrogens with two attached hydrogens (primary N) is 1. The number of nitrogens with one attached hydrogen (secondary N) is 1. The van der Waals surface area contributed by atoms with E-state index in [0.717, 1.165) is 0 Å². The number of hydrogen-bond acceptors (Lipinski definition) is 7. The maximum absolute atomic E-state index is 5.96. The average Bonchev–Trinajstić information content (AvgIpc) is 2.44. The number of ether oxygens (including phenoxy) is 3. The number of nitrogens with zero attached hydrogens (tertiary/aromatic N) is 2. The van der Waals surface area contributed by atoms with E-state index in [1.54, 1.807) is 6.07 Å². The van der Waals surface area contributed by atoms with E-state index in [2.05, 4.69) is 15.4 Å². The molecule has 0 atom stereocenters. The van der Waals surface area contributed by atoms with Gasteiger partial charge in [-0.1, -0.05) is 11.6 Å². The maximum atomic E-state index is 5.96. The summed E-state index contributed by atoms with van der Waals surface area (Å²) in [5.41, 5.74) is 3.35. The molecular weight excluding hydrogens is 272 g/mol. The first-order valence-electron chi connectivity index (χ1n) is 5.29. The van der Waals surface area contributed by atoms with Crippen LogP contribution in [0.4, 0.5) is 5.82 Å². The van der Waals surface area contributed by atoms with Crippen LogP contribution in [-0.4, -0.2) is 31.3 Å². The lowest BCUT2D eigenvalue weighted by Gasteiger charge is -2.14. The molecule has 0 bridgehead atoms. The quantitative estimate of drug-likeness (QED) is 0.651. The summed E-state index contributed by atoms with van der Waals surface area (Å²) in [6.45, 7) is 0. The topological polar surface area (TPSA) is 91.5 Å². The van der Waals surface area contributed by atoms with Gasteiger partial charge in [-0.05, 0) is 0 Å². The third kappa shape index (κ3) is 2.18. The fraction of sp³-hybridized carbons (Fsp3) is 0.273. The third-order valence-electron chi connectivity index (χ3n) is 2.56. The summed E-state index contributed by atoms with van der Waals surface area (Å²) in [5.74, 6) is 6.89. The van der Waals surface area contributed by atoms with E-state index in [1.807, 2.05) is 0 Å². The summed E-state index contributed by atoms with van der Waals surface area (Å²) in [7, 11) is 4.53. The Morgan fingerprint density at radius 1 is 1.11 bits per heavy atom. The molecule has 0 saturated heterocycles. The maximum Gasteiger partial charge on any atom is 0.205 e. The van der Waals surface area contributed by atoms with Gasteiger partial charge in [0.15, 0.2) is 22.5 Å². The number of fused-ring (bicyclic) bond motifs is 1. The van der Waals surface area contributed by atoms with Crippen molar-refractivity contribution in [2.45, 2.75) is 0 Å². The molecule has 0 spiro atoms. The first kappa shape index (κ1) is 13.4. The highest BCUT2D eigenvalue weighted by atomic mass is 35.5. The number of nitrogen functional groups attached to an aromatic ring is 1. The van der Waals surface area contributed by atoms with E-state index < -0.39 is 0 Å². The minimum absolute atomic E-state index is 0.139. The van der Waals surface area contributed by atoms with Crippen LogP contribution in [0.25, 0.3) is 11.0 Å². The lowest BCUT2D eigenvalue weighted by molar-refractivity contribution is 0.326. The second kappa shape index (κ2) is 5.33. The van der Waals surface area contributed by atoms with Crippen LogP contribution in [0.15, 0.2) is 6.07 Å². The van der Waals surface area contributed by atoms with Crippen molar-refractivity contribution >= 4 is 28.5 Å². The molecule has 2 rings (SSSR count). The van der Waals surface area contributed by atoms with Crippen LogP contribution >= 0.6 is 11.6 Å². The van der Waals surface area contributed by atoms with Crippen LogP contribution in [0.1, 0.15) is 0 Å². The van der Waals surface area contributed by atoms with Crippen molar-refractivity contribution in [3.05, 3.63) is 11.2 Å². The van der Waals surface area contributed by atoms with Gasteiger partial charge in [0.05, 0.1) is 26.8 Å². The highest BCUT2D eigenvalue weighted by Gasteiger charge is 2.19. The van der Waals surface area contributed by atoms with E-state index >= 15 is 0 Å². The van der Waals surface area contributed by atoms with Gasteiger partial charge in [0.2, 0.25) is 5.75 Å². The summed E-state index contributed by atoms with van der Waals surface area (Å²) in [6.07, 6.45) is 0. The van der Waals surface area contributed by atoms with Gasteiger partial charge in [0, 0.05) is 6.07 Å². The monoisotopic (exact) mass is 284 g/mol. The van der Waals surface area contributed by atoms with Crippen LogP contribution < -0.4 is 25.5 Å². The summed E-state index contributed by atoms with van der Waals surface area (Å²) in [4.78, 5) is 8.44. The number of methoxy groups -OCH3 is 3. The largest absolute Gasteiger partial charge is 0.493 e. The number of rotatable bonds is 4. The Kier molecular flexibility index (Phi) is 3.77. The van der Waals surface area contributed by atoms with E-state index in [1.165, 1.54) is 21.3 Å². The molecule has 1 aromatic heterocycles. The molecule has 7 nitrogen and oxygen atoms in total. The first-order valence-corrected chi connectivity index (χ1v) is 5.66. The Morgan fingerprint density at radius 3 is 2.32 bits per heavy atom. The van der Waals surface area contributed by atoms with Gasteiger partial charge in [0.1, 0.15) is 5.52 Å². The lowest BCUT2D eigenvalue weighted by Crippen LogP contribution is -2.10. The van der Waals surface area contributed by atoms with Crippen LogP contribution in [0.3, 0.4) is 0 Å². The normalized spacial score (nSPS) is 10.4. The Morgan fingerprint density at radius 2 is 1.79 bits per heavy atom. The Balaban J connectivity index is 2.84. The predicted octanol–water partition coefficient (Wildman–Crippen LogP) is 1.59. The molecule has 0 aliphatic carbocycles. The minimum Gasteiger partial charge on any atom is -0.493 e. The zero-order valence-corrected chi connectivity index (χ0v) is 11.4. The van der Waals surface area contributed by atoms with Crippen molar-refractivity contribution < 1.29 is 14.2 Å². The Labute approximate surface area is 114 Å². The smallest absolute Gasteiger partial charge is 0.205 e. The van der Waals surface area contributed by atoms with E-state index in [4.69, 9.17) is 31.7 Å². The van der Waals surface area contributed by atoms with Crippen LogP contribution in [0, 0.1) is 0 Å². The number of hydrazine groups is 1. The van der Waals surface area contributed by atoms with Gasteiger partial charge in [0.25, 0.3) is 0 Å². The van der Waals surface area contributed by atoms with Gasteiger partial charge in [-0.15, -0.1) is 0 Å². The minimum atomic E-state index is 0.139. The molecule has 0 radical (unpaired) electrons. The first-order chi connectivity index (χ1) is 9.15. The molecule has 0 unspecified atom stereocenters. The molecule has 2 aromatic rings. The van der Waals surface area contributed by atoms with Crippen LogP contribution in [-0.2, 0) is 0 Å². The predicted molar refractivity (Wildman–Crippen MR) is 72.0 cm³/mol. The molecular formula is C11H13ClN4O3. The molecule has 1 aromatic carbocycles. The number of benzene rings is 1. The zero-order chi connectivity index (χ0) is 14.0. The second-order valence-corrected chi connectivity index (χ2v) is 3.88. The molecule has 102 valence electrons. The SMILES string of the molecule is COc1cc2nc(NN)c(Cl)nc2c(OC)c1OC. The highest BCUT2D eigenvalue weighted by Crippen LogP contribution is 2.42. The van der Waals surface area contributed by atoms with Crippen molar-refractivity contribution in [2.75, 3.05) is 26.8 Å². The van der Waals surface area contributed by atoms with Crippen LogP contribution in [0.5, 0.6) is 17.2 Å². The van der Waals surface area contributed by atoms with E-state index in [0.29, 0.717) is 28.3 Å². The molecule has 0 fully saturated rings. The molecule has 19 heavy (non-hydrogen) atoms. The summed E-state index contributed by atoms with van der Waals surface area (Å²) < 4.78 is 15.8. The van der Waals surface area contributed by atoms with Gasteiger partial charge in [-0.25, -0.2) is 15.8 Å². The molecule has 3 N–H and O–H groups in total. The summed E-state index contributed by atoms with van der Waals surface area (Å²) in [5, 5.41) is 0.139. The Hall–Kier alpha value is -1.99. The molecule has 1 heterocycles. The zero-order valence-electron chi connectivity index (χ0n) is 10.7. The molecule has 0 saturated carbocycles. The number of aromatic nitrogens is 2. The van der Waals surface area contributed by atoms with Crippen molar-refractivity contribution in [3.8, 4) is 17.2 Å². The van der Waals surface area contributed by atoms with Gasteiger partial charge in [-0.3, -0.25) is 0 Å². The highest BCUT2D eigenvalue weighted by molar-refractivity contribution is 6.32. The Bertz CT molecular complexity index is 621. The molecule has 0 aliphatic heterocycles. The van der Waals surface area contributed by atoms with Crippen LogP contribution in [0.2, 0.25) is 5.15 Å². The second-order valence-electron chi connectivity index (χ2n) is 3.52. The van der Waals surface area contributed by atoms with E-state index in [-0.39, 0.29) is 11.0 Å². The average molecular weight is 285 g/mol. The van der Waals surface area contributed by atoms with Crippen molar-refractivity contribution in [1.29, 1.82) is 0 Å². The third-order valence-corrected chi connectivity index (χ3v) is 2.82. The fourth-order valence-corrected chi connectivity index (χ4v) is 1.91. The standard InChI is InChI=1S/C11H13ClN4O3/c1-17-6-4-5-7(9(19-3)8(6)18-2)15-10(12)11(14-5)16-13/h4H,13H2,1-3H3,(H,14,16). The molecule has 8 heteroatoms. The lowest BCUT2D eigenvalue weighted by atomic mass is 10.2. The number of hydrogen-bond donors (Lipinski definition) is 2. The van der Waals surface area contributed by atoms with Crippen molar-refractivity contribution in [3.63, 3.8) is 0 Å². The summed E-state index contributed by atoms with van der Waals surface area (Å²) >= 11 is 5.96. The van der Waals surface area contributed by atoms with Crippen molar-refractivity contribution in [1.82, 2.24) is 9.97 Å². The van der Waals surface area contributed by atoms with Crippen molar-refractivity contribution in [2.24, 2.45) is 5.84 Å². The molecule has 0 aliphatic rings. The van der Waals surface area contributed by atoms with Gasteiger partial charge < -0.3 is 19.6 Å². The number of halogens is 1. The fourth-order valence-electron chi connectivity index (χ4n) is 1.73. The molecule has 0 amide bonds. The van der Waals surface area contributed by atoms with Gasteiger partial charge >= 0.3 is 0 Å².